The molecule has 0 atom stereocenters. The zero-order chi connectivity index (χ0) is 11.1. The zero-order valence-electron chi connectivity index (χ0n) is 8.91. The van der Waals surface area contributed by atoms with Gasteiger partial charge in [-0.2, -0.15) is 0 Å². The molecule has 0 aromatic heterocycles. The molecule has 0 heterocycles. The Hall–Kier alpha value is -0.870. The number of hydrogen-bond acceptors (Lipinski definition) is 3. The Bertz CT molecular complexity index is 232. The molecule has 15 heavy (non-hydrogen) atoms. The predicted octanol–water partition coefficient (Wildman–Crippen LogP) is 0.912. The van der Waals surface area contributed by atoms with Crippen LogP contribution in [0.25, 0.3) is 0 Å². The van der Waals surface area contributed by atoms with Gasteiger partial charge in [0.1, 0.15) is 0 Å². The van der Waals surface area contributed by atoms with Gasteiger partial charge in [-0.3, -0.25) is 0 Å². The van der Waals surface area contributed by atoms with Crippen molar-refractivity contribution in [2.24, 2.45) is 0 Å². The third-order valence-electron chi connectivity index (χ3n) is 2.76. The average molecular weight is 213 g/mol. The highest BCUT2D eigenvalue weighted by Gasteiger charge is 2.28. The summed E-state index contributed by atoms with van der Waals surface area (Å²) in [6, 6.07) is 0. The second kappa shape index (κ2) is 5.88. The smallest absolute Gasteiger partial charge is 0.328 e. The number of aliphatic hydroxyl groups is 1. The minimum absolute atomic E-state index is 0.495. The molecule has 1 aliphatic rings. The van der Waals surface area contributed by atoms with E-state index in [2.05, 4.69) is 5.32 Å². The van der Waals surface area contributed by atoms with E-state index in [0.29, 0.717) is 13.1 Å². The van der Waals surface area contributed by atoms with E-state index >= 15 is 0 Å². The molecule has 1 aliphatic carbocycles. The number of nitrogens with one attached hydrogen (secondary N) is 1. The first-order chi connectivity index (χ1) is 7.12. The van der Waals surface area contributed by atoms with Crippen molar-refractivity contribution < 1.29 is 15.0 Å². The standard InChI is InChI=1S/C11H19NO3/c13-10(14)5-4-8-12-9-11(15)6-2-1-3-7-11/h4-5,12,15H,1-3,6-9H2,(H,13,14)/b5-4+. The molecule has 0 bridgehead atoms. The first kappa shape index (κ1) is 12.2. The van der Waals surface area contributed by atoms with Crippen LogP contribution in [0.5, 0.6) is 0 Å². The summed E-state index contributed by atoms with van der Waals surface area (Å²) >= 11 is 0. The van der Waals surface area contributed by atoms with Crippen molar-refractivity contribution in [3.05, 3.63) is 12.2 Å². The fourth-order valence-electron chi connectivity index (χ4n) is 1.93. The predicted molar refractivity (Wildman–Crippen MR) is 57.7 cm³/mol. The molecule has 0 saturated heterocycles. The third-order valence-corrected chi connectivity index (χ3v) is 2.76. The van der Waals surface area contributed by atoms with Crippen LogP contribution in [-0.4, -0.2) is 34.9 Å². The quantitative estimate of drug-likeness (QED) is 0.469. The van der Waals surface area contributed by atoms with Gasteiger partial charge in [-0.05, 0) is 12.8 Å². The molecule has 0 aromatic rings. The van der Waals surface area contributed by atoms with Crippen LogP contribution in [-0.2, 0) is 4.79 Å². The van der Waals surface area contributed by atoms with Crippen molar-refractivity contribution in [2.75, 3.05) is 13.1 Å². The highest BCUT2D eigenvalue weighted by molar-refractivity contribution is 5.79. The molecule has 0 radical (unpaired) electrons. The fraction of sp³-hybridized carbons (Fsp3) is 0.727. The molecule has 4 nitrogen and oxygen atoms in total. The maximum absolute atomic E-state index is 10.2. The lowest BCUT2D eigenvalue weighted by atomic mass is 9.85. The molecule has 1 fully saturated rings. The van der Waals surface area contributed by atoms with Gasteiger partial charge in [0.15, 0.2) is 0 Å². The summed E-state index contributed by atoms with van der Waals surface area (Å²) in [5.74, 6) is -0.937. The molecule has 0 unspecified atom stereocenters. The summed E-state index contributed by atoms with van der Waals surface area (Å²) < 4.78 is 0. The molecule has 86 valence electrons. The van der Waals surface area contributed by atoms with Crippen molar-refractivity contribution in [1.82, 2.24) is 5.32 Å². The van der Waals surface area contributed by atoms with Gasteiger partial charge in [0, 0.05) is 19.2 Å². The largest absolute Gasteiger partial charge is 0.478 e. The monoisotopic (exact) mass is 213 g/mol. The van der Waals surface area contributed by atoms with Crippen LogP contribution in [0.2, 0.25) is 0 Å². The lowest BCUT2D eigenvalue weighted by Crippen LogP contribution is -2.42. The third kappa shape index (κ3) is 4.95. The highest BCUT2D eigenvalue weighted by Crippen LogP contribution is 2.27. The Labute approximate surface area is 90.0 Å². The van der Waals surface area contributed by atoms with Gasteiger partial charge in [-0.25, -0.2) is 4.79 Å². The summed E-state index contributed by atoms with van der Waals surface area (Å²) in [5.41, 5.74) is -0.574. The second-order valence-corrected chi connectivity index (χ2v) is 4.16. The van der Waals surface area contributed by atoms with Crippen LogP contribution in [0.3, 0.4) is 0 Å². The zero-order valence-corrected chi connectivity index (χ0v) is 8.91. The normalized spacial score (nSPS) is 20.6. The Kier molecular flexibility index (Phi) is 4.78. The van der Waals surface area contributed by atoms with Gasteiger partial charge in [0.2, 0.25) is 0 Å². The summed E-state index contributed by atoms with van der Waals surface area (Å²) in [7, 11) is 0. The topological polar surface area (TPSA) is 69.6 Å². The summed E-state index contributed by atoms with van der Waals surface area (Å²) in [6.07, 6.45) is 7.74. The number of carboxylic acid groups (broad SMARTS) is 1. The SMILES string of the molecule is O=C(O)/C=C/CNCC1(O)CCCCC1. The molecule has 3 N–H and O–H groups in total. The van der Waals surface area contributed by atoms with Crippen LogP contribution >= 0.6 is 0 Å². The van der Waals surface area contributed by atoms with Gasteiger partial charge in [-0.15, -0.1) is 0 Å². The van der Waals surface area contributed by atoms with Crippen LogP contribution in [0.4, 0.5) is 0 Å². The molecular weight excluding hydrogens is 194 g/mol. The Balaban J connectivity index is 2.15. The van der Waals surface area contributed by atoms with E-state index in [1.54, 1.807) is 6.08 Å². The molecular formula is C11H19NO3. The van der Waals surface area contributed by atoms with E-state index in [9.17, 15) is 9.90 Å². The van der Waals surface area contributed by atoms with E-state index in [0.717, 1.165) is 31.8 Å². The van der Waals surface area contributed by atoms with E-state index in [-0.39, 0.29) is 0 Å². The van der Waals surface area contributed by atoms with E-state index in [4.69, 9.17) is 5.11 Å². The number of carboxylic acids is 1. The summed E-state index contributed by atoms with van der Waals surface area (Å²) in [6.45, 7) is 1.05. The molecule has 0 spiro atoms. The van der Waals surface area contributed by atoms with Crippen molar-refractivity contribution in [2.45, 2.75) is 37.7 Å². The van der Waals surface area contributed by atoms with Gasteiger partial charge in [0.25, 0.3) is 0 Å². The molecule has 0 aliphatic heterocycles. The number of carbonyl (C=O) groups is 1. The minimum atomic E-state index is -0.937. The van der Waals surface area contributed by atoms with E-state index in [1.807, 2.05) is 0 Å². The Morgan fingerprint density at radius 1 is 1.33 bits per heavy atom. The highest BCUT2D eigenvalue weighted by atomic mass is 16.4. The van der Waals surface area contributed by atoms with Gasteiger partial charge in [0.05, 0.1) is 5.60 Å². The van der Waals surface area contributed by atoms with Crippen LogP contribution < -0.4 is 5.32 Å². The van der Waals surface area contributed by atoms with Crippen LogP contribution in [0.1, 0.15) is 32.1 Å². The van der Waals surface area contributed by atoms with Crippen LogP contribution in [0, 0.1) is 0 Å². The van der Waals surface area contributed by atoms with Gasteiger partial charge >= 0.3 is 5.97 Å². The van der Waals surface area contributed by atoms with Crippen molar-refractivity contribution in [3.8, 4) is 0 Å². The van der Waals surface area contributed by atoms with Crippen molar-refractivity contribution in [3.63, 3.8) is 0 Å². The maximum atomic E-state index is 10.2. The average Bonchev–Trinajstić information content (AvgIpc) is 2.17. The molecule has 0 aromatic carbocycles. The van der Waals surface area contributed by atoms with Crippen LogP contribution in [0.15, 0.2) is 12.2 Å². The number of rotatable bonds is 5. The molecule has 1 saturated carbocycles. The summed E-state index contributed by atoms with van der Waals surface area (Å²) in [5, 5.41) is 21.5. The lowest BCUT2D eigenvalue weighted by Gasteiger charge is -2.32. The Morgan fingerprint density at radius 2 is 2.00 bits per heavy atom. The van der Waals surface area contributed by atoms with E-state index < -0.39 is 11.6 Å². The van der Waals surface area contributed by atoms with E-state index in [1.165, 1.54) is 6.42 Å². The summed E-state index contributed by atoms with van der Waals surface area (Å²) in [4.78, 5) is 10.2. The first-order valence-corrected chi connectivity index (χ1v) is 5.45. The molecule has 4 heteroatoms. The van der Waals surface area contributed by atoms with Gasteiger partial charge < -0.3 is 15.5 Å². The Morgan fingerprint density at radius 3 is 2.60 bits per heavy atom. The molecule has 1 rings (SSSR count). The lowest BCUT2D eigenvalue weighted by molar-refractivity contribution is -0.131. The van der Waals surface area contributed by atoms with Crippen molar-refractivity contribution >= 4 is 5.97 Å². The number of aliphatic carboxylic acids is 1. The second-order valence-electron chi connectivity index (χ2n) is 4.16. The minimum Gasteiger partial charge on any atom is -0.478 e. The van der Waals surface area contributed by atoms with Crippen molar-refractivity contribution in [1.29, 1.82) is 0 Å². The fourth-order valence-corrected chi connectivity index (χ4v) is 1.93. The molecule has 0 amide bonds. The number of hydrogen-bond donors (Lipinski definition) is 3. The first-order valence-electron chi connectivity index (χ1n) is 5.45. The maximum Gasteiger partial charge on any atom is 0.328 e. The van der Waals surface area contributed by atoms with Gasteiger partial charge in [-0.1, -0.05) is 25.3 Å².